The summed E-state index contributed by atoms with van der Waals surface area (Å²) in [6, 6.07) is 0. The second kappa shape index (κ2) is 5.90. The van der Waals surface area contributed by atoms with E-state index < -0.39 is 0 Å². The molecule has 0 spiro atoms. The van der Waals surface area contributed by atoms with E-state index in [0.29, 0.717) is 38.3 Å². The van der Waals surface area contributed by atoms with Crippen molar-refractivity contribution in [3.05, 3.63) is 5.28 Å². The van der Waals surface area contributed by atoms with Crippen molar-refractivity contribution in [3.8, 4) is 0 Å². The minimum atomic E-state index is -0.161. The van der Waals surface area contributed by atoms with Crippen molar-refractivity contribution in [3.63, 3.8) is 0 Å². The fourth-order valence-corrected chi connectivity index (χ4v) is 2.74. The van der Waals surface area contributed by atoms with Crippen LogP contribution in [0, 0.1) is 0 Å². The second-order valence-electron chi connectivity index (χ2n) is 5.82. The highest BCUT2D eigenvalue weighted by atomic mass is 35.5. The highest BCUT2D eigenvalue weighted by Crippen LogP contribution is 2.26. The van der Waals surface area contributed by atoms with Crippen LogP contribution in [0.4, 0.5) is 11.9 Å². The van der Waals surface area contributed by atoms with E-state index in [0.717, 1.165) is 19.6 Å². The quantitative estimate of drug-likeness (QED) is 0.806. The molecule has 2 aliphatic heterocycles. The third kappa shape index (κ3) is 3.20. The molecule has 0 aromatic carbocycles. The number of aromatic nitrogens is 3. The minimum absolute atomic E-state index is 0.161. The molecule has 0 N–H and O–H groups in total. The van der Waals surface area contributed by atoms with Crippen molar-refractivity contribution >= 4 is 23.5 Å². The second-order valence-corrected chi connectivity index (χ2v) is 6.16. The molecule has 7 nitrogen and oxygen atoms in total. The summed E-state index contributed by atoms with van der Waals surface area (Å²) >= 11 is 6.10. The molecule has 2 aliphatic rings. The lowest BCUT2D eigenvalue weighted by Crippen LogP contribution is -2.54. The molecule has 0 radical (unpaired) electrons. The van der Waals surface area contributed by atoms with Crippen LogP contribution in [-0.4, -0.2) is 66.6 Å². The van der Waals surface area contributed by atoms with E-state index in [4.69, 9.17) is 21.1 Å². The SMILES string of the molecule is CC1(C)COCCN1c1nc(Cl)nc(N2CCOCC2)n1. The highest BCUT2D eigenvalue weighted by Gasteiger charge is 2.33. The van der Waals surface area contributed by atoms with Gasteiger partial charge in [0.15, 0.2) is 0 Å². The van der Waals surface area contributed by atoms with Gasteiger partial charge in [0.05, 0.1) is 32.0 Å². The molecule has 2 fully saturated rings. The van der Waals surface area contributed by atoms with Gasteiger partial charge < -0.3 is 19.3 Å². The maximum atomic E-state index is 6.10. The molecule has 0 atom stereocenters. The predicted molar refractivity (Wildman–Crippen MR) is 80.1 cm³/mol. The van der Waals surface area contributed by atoms with E-state index in [9.17, 15) is 0 Å². The monoisotopic (exact) mass is 313 g/mol. The van der Waals surface area contributed by atoms with Crippen molar-refractivity contribution < 1.29 is 9.47 Å². The Kier molecular flexibility index (Phi) is 4.14. The summed E-state index contributed by atoms with van der Waals surface area (Å²) < 4.78 is 10.9. The van der Waals surface area contributed by atoms with Gasteiger partial charge in [-0.25, -0.2) is 0 Å². The zero-order chi connectivity index (χ0) is 14.9. The van der Waals surface area contributed by atoms with Gasteiger partial charge in [-0.3, -0.25) is 0 Å². The van der Waals surface area contributed by atoms with Gasteiger partial charge in [-0.2, -0.15) is 15.0 Å². The normalized spacial score (nSPS) is 22.4. The molecule has 0 amide bonds. The molecular formula is C13H20ClN5O2. The molecule has 8 heteroatoms. The average molecular weight is 314 g/mol. The molecule has 116 valence electrons. The lowest BCUT2D eigenvalue weighted by molar-refractivity contribution is 0.0633. The molecule has 21 heavy (non-hydrogen) atoms. The molecule has 0 aliphatic carbocycles. The van der Waals surface area contributed by atoms with Gasteiger partial charge in [0.25, 0.3) is 0 Å². The lowest BCUT2D eigenvalue weighted by atomic mass is 10.0. The molecule has 3 rings (SSSR count). The van der Waals surface area contributed by atoms with Gasteiger partial charge >= 0.3 is 0 Å². The van der Waals surface area contributed by atoms with Crippen LogP contribution in [0.1, 0.15) is 13.8 Å². The van der Waals surface area contributed by atoms with Gasteiger partial charge in [-0.15, -0.1) is 0 Å². The first-order valence-corrected chi connectivity index (χ1v) is 7.54. The summed E-state index contributed by atoms with van der Waals surface area (Å²) in [5, 5.41) is 0.226. The topological polar surface area (TPSA) is 63.6 Å². The fraction of sp³-hybridized carbons (Fsp3) is 0.769. The van der Waals surface area contributed by atoms with E-state index in [-0.39, 0.29) is 10.8 Å². The number of nitrogens with zero attached hydrogens (tertiary/aromatic N) is 5. The summed E-state index contributed by atoms with van der Waals surface area (Å²) in [4.78, 5) is 17.4. The molecule has 2 saturated heterocycles. The zero-order valence-corrected chi connectivity index (χ0v) is 13.1. The standard InChI is InChI=1S/C13H20ClN5O2/c1-13(2)9-21-8-5-19(13)12-16-10(14)15-11(17-12)18-3-6-20-7-4-18/h3-9H2,1-2H3. The maximum absolute atomic E-state index is 6.10. The van der Waals surface area contributed by atoms with Crippen LogP contribution in [0.15, 0.2) is 0 Å². The predicted octanol–water partition coefficient (Wildman–Crippen LogP) is 0.977. The van der Waals surface area contributed by atoms with Crippen molar-refractivity contribution in [2.24, 2.45) is 0 Å². The van der Waals surface area contributed by atoms with Crippen LogP contribution in [0.3, 0.4) is 0 Å². The Morgan fingerprint density at radius 1 is 0.952 bits per heavy atom. The molecule has 1 aromatic heterocycles. The van der Waals surface area contributed by atoms with E-state index in [2.05, 4.69) is 38.6 Å². The summed E-state index contributed by atoms with van der Waals surface area (Å²) in [7, 11) is 0. The van der Waals surface area contributed by atoms with Crippen LogP contribution >= 0.6 is 11.6 Å². The first-order chi connectivity index (χ1) is 10.1. The summed E-state index contributed by atoms with van der Waals surface area (Å²) in [5.41, 5.74) is -0.161. The Hall–Kier alpha value is -1.18. The number of hydrogen-bond acceptors (Lipinski definition) is 7. The van der Waals surface area contributed by atoms with E-state index in [1.54, 1.807) is 0 Å². The fourth-order valence-electron chi connectivity index (χ4n) is 2.58. The van der Waals surface area contributed by atoms with Crippen molar-refractivity contribution in [2.75, 3.05) is 55.9 Å². The summed E-state index contributed by atoms with van der Waals surface area (Å²) in [6.07, 6.45) is 0. The Morgan fingerprint density at radius 2 is 1.62 bits per heavy atom. The van der Waals surface area contributed by atoms with E-state index in [1.165, 1.54) is 0 Å². The highest BCUT2D eigenvalue weighted by molar-refractivity contribution is 6.28. The third-order valence-electron chi connectivity index (χ3n) is 3.77. The molecule has 0 bridgehead atoms. The molecule has 3 heterocycles. The maximum Gasteiger partial charge on any atom is 0.232 e. The van der Waals surface area contributed by atoms with Crippen molar-refractivity contribution in [1.82, 2.24) is 15.0 Å². The molecular weight excluding hydrogens is 294 g/mol. The van der Waals surface area contributed by atoms with Crippen LogP contribution in [0.2, 0.25) is 5.28 Å². The molecule has 0 saturated carbocycles. The number of rotatable bonds is 2. The Labute approximate surface area is 129 Å². The molecule has 1 aromatic rings. The van der Waals surface area contributed by atoms with Crippen LogP contribution < -0.4 is 9.80 Å². The Morgan fingerprint density at radius 3 is 2.33 bits per heavy atom. The summed E-state index contributed by atoms with van der Waals surface area (Å²) in [6.45, 7) is 9.18. The van der Waals surface area contributed by atoms with Gasteiger partial charge in [0.1, 0.15) is 0 Å². The number of morpholine rings is 2. The smallest absolute Gasteiger partial charge is 0.232 e. The Bertz CT molecular complexity index is 507. The van der Waals surface area contributed by atoms with Gasteiger partial charge in [-0.05, 0) is 25.4 Å². The van der Waals surface area contributed by atoms with Crippen LogP contribution in [0.25, 0.3) is 0 Å². The number of halogens is 1. The third-order valence-corrected chi connectivity index (χ3v) is 3.93. The van der Waals surface area contributed by atoms with Crippen molar-refractivity contribution in [2.45, 2.75) is 19.4 Å². The zero-order valence-electron chi connectivity index (χ0n) is 12.4. The average Bonchev–Trinajstić information content (AvgIpc) is 2.47. The number of ether oxygens (including phenoxy) is 2. The van der Waals surface area contributed by atoms with Gasteiger partial charge in [0, 0.05) is 19.6 Å². The van der Waals surface area contributed by atoms with Gasteiger partial charge in [-0.1, -0.05) is 0 Å². The summed E-state index contributed by atoms with van der Waals surface area (Å²) in [5.74, 6) is 1.24. The largest absolute Gasteiger partial charge is 0.378 e. The first-order valence-electron chi connectivity index (χ1n) is 7.16. The van der Waals surface area contributed by atoms with Crippen LogP contribution in [0.5, 0.6) is 0 Å². The minimum Gasteiger partial charge on any atom is -0.378 e. The van der Waals surface area contributed by atoms with Crippen molar-refractivity contribution in [1.29, 1.82) is 0 Å². The van der Waals surface area contributed by atoms with E-state index >= 15 is 0 Å². The van der Waals surface area contributed by atoms with Gasteiger partial charge in [0.2, 0.25) is 17.2 Å². The Balaban J connectivity index is 1.89. The lowest BCUT2D eigenvalue weighted by Gasteiger charge is -2.42. The van der Waals surface area contributed by atoms with E-state index in [1.807, 2.05) is 0 Å². The number of anilines is 2. The first kappa shape index (κ1) is 14.7. The van der Waals surface area contributed by atoms with Crippen LogP contribution in [-0.2, 0) is 9.47 Å². The molecule has 0 unspecified atom stereocenters. The number of hydrogen-bond donors (Lipinski definition) is 0.